The summed E-state index contributed by atoms with van der Waals surface area (Å²) in [5, 5.41) is 21.3. The van der Waals surface area contributed by atoms with E-state index in [0.29, 0.717) is 18.7 Å². The zero-order valence-electron chi connectivity index (χ0n) is 12.5. The van der Waals surface area contributed by atoms with E-state index >= 15 is 0 Å². The summed E-state index contributed by atoms with van der Waals surface area (Å²) in [6.45, 7) is 3.06. The number of carboxylic acid groups (broad SMARTS) is 1. The van der Waals surface area contributed by atoms with Crippen molar-refractivity contribution in [3.8, 4) is 0 Å². The highest BCUT2D eigenvalue weighted by Gasteiger charge is 2.16. The standard InChI is InChI=1S/C16H22N2O4/c19-14-6-2-8-18(11-14)9-3-7-17-15(20)12-4-1-5-13(10-12)16(21)22/h1,4-5,10,14,19H,2-3,6-9,11H2,(H,17,20)(H,21,22). The number of carboxylic acids is 1. The van der Waals surface area contributed by atoms with Crippen LogP contribution >= 0.6 is 0 Å². The third kappa shape index (κ3) is 4.82. The zero-order valence-corrected chi connectivity index (χ0v) is 12.5. The number of rotatable bonds is 6. The highest BCUT2D eigenvalue weighted by atomic mass is 16.4. The van der Waals surface area contributed by atoms with Crippen molar-refractivity contribution in [1.29, 1.82) is 0 Å². The molecule has 1 aliphatic rings. The van der Waals surface area contributed by atoms with Crippen LogP contribution in [0.4, 0.5) is 0 Å². The number of benzene rings is 1. The van der Waals surface area contributed by atoms with Gasteiger partial charge in [0.1, 0.15) is 0 Å². The number of aliphatic hydroxyl groups is 1. The Balaban J connectivity index is 1.73. The van der Waals surface area contributed by atoms with Crippen LogP contribution in [0, 0.1) is 0 Å². The normalized spacial score (nSPS) is 18.9. The summed E-state index contributed by atoms with van der Waals surface area (Å²) in [4.78, 5) is 25.0. The summed E-state index contributed by atoms with van der Waals surface area (Å²) in [5.41, 5.74) is 0.461. The van der Waals surface area contributed by atoms with Gasteiger partial charge in [-0.25, -0.2) is 4.79 Å². The van der Waals surface area contributed by atoms with Crippen LogP contribution in [0.25, 0.3) is 0 Å². The fraction of sp³-hybridized carbons (Fsp3) is 0.500. The molecule has 1 saturated heterocycles. The number of β-amino-alcohol motifs (C(OH)–C–C–N with tert-alkyl or cyclic N) is 1. The third-order valence-electron chi connectivity index (χ3n) is 3.79. The van der Waals surface area contributed by atoms with Crippen LogP contribution in [0.1, 0.15) is 40.0 Å². The first-order valence-electron chi connectivity index (χ1n) is 7.58. The molecule has 6 heteroatoms. The van der Waals surface area contributed by atoms with Gasteiger partial charge in [0.2, 0.25) is 0 Å². The molecule has 1 amide bonds. The van der Waals surface area contributed by atoms with E-state index in [1.807, 2.05) is 0 Å². The number of hydrogen-bond donors (Lipinski definition) is 3. The van der Waals surface area contributed by atoms with E-state index in [0.717, 1.165) is 32.4 Å². The third-order valence-corrected chi connectivity index (χ3v) is 3.79. The molecule has 0 bridgehead atoms. The second kappa shape index (κ2) is 7.91. The number of piperidine rings is 1. The zero-order chi connectivity index (χ0) is 15.9. The number of likely N-dealkylation sites (tertiary alicyclic amines) is 1. The fourth-order valence-electron chi connectivity index (χ4n) is 2.63. The molecule has 1 atom stereocenters. The van der Waals surface area contributed by atoms with Gasteiger partial charge in [0, 0.05) is 18.7 Å². The van der Waals surface area contributed by atoms with Crippen LogP contribution in [-0.2, 0) is 0 Å². The molecule has 6 nitrogen and oxygen atoms in total. The Morgan fingerprint density at radius 2 is 2.09 bits per heavy atom. The summed E-state index contributed by atoms with van der Waals surface area (Å²) in [5.74, 6) is -1.31. The monoisotopic (exact) mass is 306 g/mol. The lowest BCUT2D eigenvalue weighted by atomic mass is 10.1. The Morgan fingerprint density at radius 1 is 1.32 bits per heavy atom. The molecule has 0 aliphatic carbocycles. The summed E-state index contributed by atoms with van der Waals surface area (Å²) >= 11 is 0. The number of aromatic carboxylic acids is 1. The quantitative estimate of drug-likeness (QED) is 0.681. The molecule has 1 fully saturated rings. The van der Waals surface area contributed by atoms with Gasteiger partial charge in [0.15, 0.2) is 0 Å². The number of nitrogens with zero attached hydrogens (tertiary/aromatic N) is 1. The lowest BCUT2D eigenvalue weighted by molar-refractivity contribution is 0.0692. The molecule has 120 valence electrons. The smallest absolute Gasteiger partial charge is 0.335 e. The maximum Gasteiger partial charge on any atom is 0.335 e. The first-order chi connectivity index (χ1) is 10.6. The minimum absolute atomic E-state index is 0.106. The van der Waals surface area contributed by atoms with Crippen molar-refractivity contribution in [2.75, 3.05) is 26.2 Å². The molecule has 1 aliphatic heterocycles. The van der Waals surface area contributed by atoms with Crippen molar-refractivity contribution in [3.05, 3.63) is 35.4 Å². The number of carbonyl (C=O) groups excluding carboxylic acids is 1. The number of carbonyl (C=O) groups is 2. The first-order valence-corrected chi connectivity index (χ1v) is 7.58. The lowest BCUT2D eigenvalue weighted by Gasteiger charge is -2.29. The van der Waals surface area contributed by atoms with E-state index in [1.54, 1.807) is 12.1 Å². The number of aliphatic hydroxyl groups excluding tert-OH is 1. The van der Waals surface area contributed by atoms with Crippen molar-refractivity contribution in [2.45, 2.75) is 25.4 Å². The predicted molar refractivity (Wildman–Crippen MR) is 82.0 cm³/mol. The van der Waals surface area contributed by atoms with Gasteiger partial charge in [0.25, 0.3) is 5.91 Å². The van der Waals surface area contributed by atoms with Gasteiger partial charge in [-0.05, 0) is 50.6 Å². The van der Waals surface area contributed by atoms with E-state index in [2.05, 4.69) is 10.2 Å². The van der Waals surface area contributed by atoms with Crippen LogP contribution in [0.2, 0.25) is 0 Å². The number of nitrogens with one attached hydrogen (secondary N) is 1. The number of hydrogen-bond acceptors (Lipinski definition) is 4. The Labute approximate surface area is 129 Å². The molecule has 0 spiro atoms. The second-order valence-electron chi connectivity index (χ2n) is 5.59. The van der Waals surface area contributed by atoms with Crippen LogP contribution in [0.5, 0.6) is 0 Å². The molecule has 1 heterocycles. The van der Waals surface area contributed by atoms with Crippen molar-refractivity contribution in [3.63, 3.8) is 0 Å². The maximum atomic E-state index is 12.0. The van der Waals surface area contributed by atoms with E-state index in [-0.39, 0.29) is 17.6 Å². The molecule has 0 saturated carbocycles. The molecule has 0 aromatic heterocycles. The van der Waals surface area contributed by atoms with Gasteiger partial charge in [-0.1, -0.05) is 6.07 Å². The van der Waals surface area contributed by atoms with Gasteiger partial charge in [-0.3, -0.25) is 4.79 Å². The van der Waals surface area contributed by atoms with Crippen LogP contribution < -0.4 is 5.32 Å². The summed E-state index contributed by atoms with van der Waals surface area (Å²) < 4.78 is 0. The van der Waals surface area contributed by atoms with Crippen LogP contribution in [0.15, 0.2) is 24.3 Å². The SMILES string of the molecule is O=C(O)c1cccc(C(=O)NCCCN2CCCC(O)C2)c1. The average molecular weight is 306 g/mol. The van der Waals surface area contributed by atoms with Gasteiger partial charge in [0.05, 0.1) is 11.7 Å². The van der Waals surface area contributed by atoms with Crippen LogP contribution in [0.3, 0.4) is 0 Å². The molecule has 1 unspecified atom stereocenters. The highest BCUT2D eigenvalue weighted by molar-refractivity contribution is 5.97. The predicted octanol–water partition coefficient (Wildman–Crippen LogP) is 0.961. The Bertz CT molecular complexity index is 533. The topological polar surface area (TPSA) is 89.9 Å². The van der Waals surface area contributed by atoms with Crippen molar-refractivity contribution < 1.29 is 19.8 Å². The lowest BCUT2D eigenvalue weighted by Crippen LogP contribution is -2.39. The van der Waals surface area contributed by atoms with E-state index < -0.39 is 5.97 Å². The molecular weight excluding hydrogens is 284 g/mol. The Kier molecular flexibility index (Phi) is 5.91. The molecule has 1 aromatic rings. The van der Waals surface area contributed by atoms with E-state index in [9.17, 15) is 14.7 Å². The first kappa shape index (κ1) is 16.5. The molecule has 1 aromatic carbocycles. The van der Waals surface area contributed by atoms with E-state index in [1.165, 1.54) is 12.1 Å². The Morgan fingerprint density at radius 3 is 2.82 bits per heavy atom. The number of amides is 1. The van der Waals surface area contributed by atoms with Crippen molar-refractivity contribution in [2.24, 2.45) is 0 Å². The van der Waals surface area contributed by atoms with Crippen molar-refractivity contribution in [1.82, 2.24) is 10.2 Å². The summed E-state index contributed by atoms with van der Waals surface area (Å²) in [6.07, 6.45) is 2.45. The molecule has 22 heavy (non-hydrogen) atoms. The molecule has 0 radical (unpaired) electrons. The van der Waals surface area contributed by atoms with Gasteiger partial charge in [-0.15, -0.1) is 0 Å². The highest BCUT2D eigenvalue weighted by Crippen LogP contribution is 2.09. The minimum atomic E-state index is -1.04. The van der Waals surface area contributed by atoms with Gasteiger partial charge in [-0.2, -0.15) is 0 Å². The Hall–Kier alpha value is -1.92. The van der Waals surface area contributed by atoms with Crippen LogP contribution in [-0.4, -0.2) is 59.3 Å². The van der Waals surface area contributed by atoms with Crippen molar-refractivity contribution >= 4 is 11.9 Å². The van der Waals surface area contributed by atoms with E-state index in [4.69, 9.17) is 5.11 Å². The maximum absolute atomic E-state index is 12.0. The fourth-order valence-corrected chi connectivity index (χ4v) is 2.63. The minimum Gasteiger partial charge on any atom is -0.478 e. The largest absolute Gasteiger partial charge is 0.478 e. The summed E-state index contributed by atoms with van der Waals surface area (Å²) in [6, 6.07) is 6.00. The average Bonchev–Trinajstić information content (AvgIpc) is 2.51. The van der Waals surface area contributed by atoms with Gasteiger partial charge < -0.3 is 20.4 Å². The molecule has 3 N–H and O–H groups in total. The molecule has 2 rings (SSSR count). The summed E-state index contributed by atoms with van der Waals surface area (Å²) in [7, 11) is 0. The second-order valence-corrected chi connectivity index (χ2v) is 5.59. The van der Waals surface area contributed by atoms with Gasteiger partial charge >= 0.3 is 5.97 Å². The molecular formula is C16H22N2O4.